The van der Waals surface area contributed by atoms with Gasteiger partial charge in [-0.05, 0) is 72.9 Å². The van der Waals surface area contributed by atoms with Crippen LogP contribution in [0.5, 0.6) is 0 Å². The number of piperidine rings is 1. The quantitative estimate of drug-likeness (QED) is 0.565. The fourth-order valence-electron chi connectivity index (χ4n) is 5.04. The molecule has 4 heteroatoms. The van der Waals surface area contributed by atoms with E-state index in [9.17, 15) is 0 Å². The zero-order valence-electron chi connectivity index (χ0n) is 15.8. The van der Waals surface area contributed by atoms with Crippen LogP contribution in [-0.2, 0) is 6.42 Å². The minimum Gasteiger partial charge on any atom is -0.335 e. The molecular weight excluding hydrogens is 366 g/mol. The summed E-state index contributed by atoms with van der Waals surface area (Å²) in [5.41, 5.74) is 3.83. The van der Waals surface area contributed by atoms with Gasteiger partial charge < -0.3 is 4.90 Å². The number of aromatic nitrogens is 2. The zero-order valence-corrected chi connectivity index (χ0v) is 16.6. The number of benzene rings is 2. The highest BCUT2D eigenvalue weighted by atomic mass is 35.5. The molecule has 2 saturated heterocycles. The third-order valence-electron chi connectivity index (χ3n) is 6.25. The van der Waals surface area contributed by atoms with Crippen LogP contribution >= 0.6 is 11.6 Å². The van der Waals surface area contributed by atoms with Gasteiger partial charge in [-0.1, -0.05) is 48.0 Å². The highest BCUT2D eigenvalue weighted by Crippen LogP contribution is 2.41. The van der Waals surface area contributed by atoms with E-state index >= 15 is 0 Å². The Morgan fingerprint density at radius 2 is 1.57 bits per heavy atom. The Morgan fingerprint density at radius 1 is 0.857 bits per heavy atom. The van der Waals surface area contributed by atoms with Crippen LogP contribution in [0, 0.1) is 5.92 Å². The van der Waals surface area contributed by atoms with Crippen molar-refractivity contribution in [1.82, 2.24) is 9.97 Å². The van der Waals surface area contributed by atoms with Crippen LogP contribution in [0.1, 0.15) is 31.2 Å². The Kier molecular flexibility index (Phi) is 4.77. The van der Waals surface area contributed by atoms with Crippen LogP contribution in [-0.4, -0.2) is 22.1 Å². The highest BCUT2D eigenvalue weighted by Gasteiger charge is 2.41. The van der Waals surface area contributed by atoms with E-state index in [4.69, 9.17) is 11.6 Å². The molecule has 1 aromatic heterocycles. The number of nitrogens with zero attached hydrogens (tertiary/aromatic N) is 3. The van der Waals surface area contributed by atoms with E-state index in [1.807, 2.05) is 36.7 Å². The third-order valence-corrected chi connectivity index (χ3v) is 6.49. The van der Waals surface area contributed by atoms with Crippen LogP contribution in [0.4, 0.5) is 5.95 Å². The first kappa shape index (κ1) is 17.7. The van der Waals surface area contributed by atoms with Crippen LogP contribution in [0.2, 0.25) is 5.02 Å². The molecule has 0 spiro atoms. The average Bonchev–Trinajstić information content (AvgIpc) is 3.00. The highest BCUT2D eigenvalue weighted by molar-refractivity contribution is 6.30. The van der Waals surface area contributed by atoms with Gasteiger partial charge in [-0.3, -0.25) is 0 Å². The van der Waals surface area contributed by atoms with Crippen LogP contribution in [0.15, 0.2) is 67.0 Å². The van der Waals surface area contributed by atoms with Gasteiger partial charge in [-0.25, -0.2) is 9.97 Å². The van der Waals surface area contributed by atoms with Gasteiger partial charge in [-0.15, -0.1) is 0 Å². The van der Waals surface area contributed by atoms with Gasteiger partial charge in [0.25, 0.3) is 0 Å². The SMILES string of the molecule is Clc1cccc(-c2ccc(CC3CC4CCC(C3)N4c3ncccn3)cc2)c1. The van der Waals surface area contributed by atoms with Gasteiger partial charge in [0.15, 0.2) is 0 Å². The molecule has 0 amide bonds. The molecule has 2 atom stereocenters. The summed E-state index contributed by atoms with van der Waals surface area (Å²) in [6.45, 7) is 0. The number of halogens is 1. The second kappa shape index (κ2) is 7.56. The number of hydrogen-bond acceptors (Lipinski definition) is 3. The second-order valence-corrected chi connectivity index (χ2v) is 8.53. The lowest BCUT2D eigenvalue weighted by Crippen LogP contribution is -2.44. The molecule has 28 heavy (non-hydrogen) atoms. The van der Waals surface area contributed by atoms with Crippen molar-refractivity contribution in [2.75, 3.05) is 4.90 Å². The molecule has 2 bridgehead atoms. The van der Waals surface area contributed by atoms with Gasteiger partial charge in [0.2, 0.25) is 5.95 Å². The van der Waals surface area contributed by atoms with Crippen molar-refractivity contribution in [1.29, 1.82) is 0 Å². The third kappa shape index (κ3) is 3.51. The zero-order chi connectivity index (χ0) is 18.9. The van der Waals surface area contributed by atoms with Gasteiger partial charge in [-0.2, -0.15) is 0 Å². The Hall–Kier alpha value is -2.39. The molecule has 5 rings (SSSR count). The van der Waals surface area contributed by atoms with Crippen molar-refractivity contribution >= 4 is 17.5 Å². The lowest BCUT2D eigenvalue weighted by molar-refractivity contribution is 0.334. The van der Waals surface area contributed by atoms with Gasteiger partial charge in [0, 0.05) is 29.5 Å². The van der Waals surface area contributed by atoms with Gasteiger partial charge in [0.05, 0.1) is 0 Å². The first-order valence-corrected chi connectivity index (χ1v) is 10.5. The Morgan fingerprint density at radius 3 is 2.25 bits per heavy atom. The maximum atomic E-state index is 6.13. The summed E-state index contributed by atoms with van der Waals surface area (Å²) >= 11 is 6.13. The largest absolute Gasteiger partial charge is 0.335 e. The summed E-state index contributed by atoms with van der Waals surface area (Å²) in [6, 6.07) is 20.2. The molecule has 3 aromatic rings. The van der Waals surface area contributed by atoms with Crippen molar-refractivity contribution in [3.8, 4) is 11.1 Å². The average molecular weight is 390 g/mol. The van der Waals surface area contributed by atoms with Gasteiger partial charge >= 0.3 is 0 Å². The monoisotopic (exact) mass is 389 g/mol. The number of rotatable bonds is 4. The van der Waals surface area contributed by atoms with E-state index in [1.165, 1.54) is 42.4 Å². The molecule has 142 valence electrons. The minimum absolute atomic E-state index is 0.594. The fourth-order valence-corrected chi connectivity index (χ4v) is 5.23. The van der Waals surface area contributed by atoms with Crippen molar-refractivity contribution in [2.24, 2.45) is 5.92 Å². The predicted octanol–water partition coefficient (Wildman–Crippen LogP) is 5.79. The molecule has 2 aromatic carbocycles. The Balaban J connectivity index is 1.27. The van der Waals surface area contributed by atoms with E-state index < -0.39 is 0 Å². The van der Waals surface area contributed by atoms with Crippen LogP contribution < -0.4 is 4.90 Å². The lowest BCUT2D eigenvalue weighted by Gasteiger charge is -2.39. The van der Waals surface area contributed by atoms with E-state index in [1.54, 1.807) is 0 Å². The van der Waals surface area contributed by atoms with Crippen molar-refractivity contribution in [3.05, 3.63) is 77.6 Å². The van der Waals surface area contributed by atoms with Crippen molar-refractivity contribution in [2.45, 2.75) is 44.2 Å². The van der Waals surface area contributed by atoms with Crippen molar-refractivity contribution in [3.63, 3.8) is 0 Å². The maximum absolute atomic E-state index is 6.13. The van der Waals surface area contributed by atoms with Crippen LogP contribution in [0.25, 0.3) is 11.1 Å². The molecule has 2 aliphatic rings. The standard InChI is InChI=1S/C24H24ClN3/c25-21-4-1-3-20(16-21)19-7-5-17(6-8-19)13-18-14-22-9-10-23(15-18)28(22)24-26-11-2-12-27-24/h1-8,11-12,16,18,22-23H,9-10,13-15H2. The normalized spacial score (nSPS) is 23.8. The summed E-state index contributed by atoms with van der Waals surface area (Å²) in [5.74, 6) is 1.66. The topological polar surface area (TPSA) is 29.0 Å². The minimum atomic E-state index is 0.594. The molecule has 0 aliphatic carbocycles. The van der Waals surface area contributed by atoms with Crippen LogP contribution in [0.3, 0.4) is 0 Å². The van der Waals surface area contributed by atoms with E-state index in [0.717, 1.165) is 23.3 Å². The lowest BCUT2D eigenvalue weighted by atomic mass is 9.85. The number of anilines is 1. The molecular formula is C24H24ClN3. The summed E-state index contributed by atoms with van der Waals surface area (Å²) in [6.07, 6.45) is 9.90. The smallest absolute Gasteiger partial charge is 0.225 e. The first-order valence-electron chi connectivity index (χ1n) is 10.2. The fraction of sp³-hybridized carbons (Fsp3) is 0.333. The van der Waals surface area contributed by atoms with Crippen molar-refractivity contribution < 1.29 is 0 Å². The second-order valence-electron chi connectivity index (χ2n) is 8.09. The van der Waals surface area contributed by atoms with Gasteiger partial charge in [0.1, 0.15) is 0 Å². The molecule has 0 N–H and O–H groups in total. The summed E-state index contributed by atoms with van der Waals surface area (Å²) in [7, 11) is 0. The summed E-state index contributed by atoms with van der Waals surface area (Å²) in [4.78, 5) is 11.5. The Bertz CT molecular complexity index is 928. The van der Waals surface area contributed by atoms with E-state index in [2.05, 4.69) is 45.2 Å². The first-order chi connectivity index (χ1) is 13.8. The van der Waals surface area contributed by atoms with E-state index in [0.29, 0.717) is 12.1 Å². The molecule has 2 aliphatic heterocycles. The Labute approximate surface area is 171 Å². The molecule has 3 heterocycles. The molecule has 0 radical (unpaired) electrons. The summed E-state index contributed by atoms with van der Waals surface area (Å²) in [5, 5.41) is 0.784. The molecule has 0 saturated carbocycles. The molecule has 3 nitrogen and oxygen atoms in total. The maximum Gasteiger partial charge on any atom is 0.225 e. The summed E-state index contributed by atoms with van der Waals surface area (Å²) < 4.78 is 0. The van der Waals surface area contributed by atoms with E-state index in [-0.39, 0.29) is 0 Å². The molecule has 2 unspecified atom stereocenters. The molecule has 2 fully saturated rings. The predicted molar refractivity (Wildman–Crippen MR) is 115 cm³/mol. The number of hydrogen-bond donors (Lipinski definition) is 0. The number of fused-ring (bicyclic) bond motifs is 2.